The molecule has 0 N–H and O–H groups in total. The minimum Gasteiger partial charge on any atom is -0.478 e. The number of rotatable bonds is 3. The summed E-state index contributed by atoms with van der Waals surface area (Å²) in [5.74, 6) is 1.69. The van der Waals surface area contributed by atoms with Crippen molar-refractivity contribution in [3.63, 3.8) is 0 Å². The smallest absolute Gasteiger partial charge is 0.228 e. The molecule has 0 radical (unpaired) electrons. The van der Waals surface area contributed by atoms with Crippen molar-refractivity contribution in [2.45, 2.75) is 32.6 Å². The van der Waals surface area contributed by atoms with Gasteiger partial charge in [-0.15, -0.1) is 0 Å². The van der Waals surface area contributed by atoms with Gasteiger partial charge in [0.15, 0.2) is 0 Å². The molecule has 1 fully saturated rings. The number of nitrogens with zero attached hydrogens (tertiary/aromatic N) is 4. The summed E-state index contributed by atoms with van der Waals surface area (Å²) < 4.78 is 5.77. The highest BCUT2D eigenvalue weighted by Gasteiger charge is 2.22. The van der Waals surface area contributed by atoms with E-state index in [9.17, 15) is 0 Å². The second-order valence-corrected chi connectivity index (χ2v) is 5.68. The Morgan fingerprint density at radius 3 is 2.55 bits per heavy atom. The zero-order valence-corrected chi connectivity index (χ0v) is 12.6. The Labute approximate surface area is 121 Å². The van der Waals surface area contributed by atoms with Crippen molar-refractivity contribution in [3.05, 3.63) is 11.3 Å². The third-order valence-electron chi connectivity index (χ3n) is 4.20. The molecule has 5 heteroatoms. The summed E-state index contributed by atoms with van der Waals surface area (Å²) in [6.45, 7) is 6.84. The summed E-state index contributed by atoms with van der Waals surface area (Å²) in [5, 5.41) is 0. The average molecular weight is 276 g/mol. The Morgan fingerprint density at radius 2 is 1.80 bits per heavy atom. The molecule has 3 rings (SSSR count). The second kappa shape index (κ2) is 5.95. The molecular weight excluding hydrogens is 252 g/mol. The maximum Gasteiger partial charge on any atom is 0.228 e. The number of fused-ring (bicyclic) bond motifs is 1. The number of hydrogen-bond acceptors (Lipinski definition) is 5. The van der Waals surface area contributed by atoms with Gasteiger partial charge in [0.2, 0.25) is 11.8 Å². The van der Waals surface area contributed by atoms with Crippen LogP contribution in [0.25, 0.3) is 0 Å². The molecule has 1 aromatic heterocycles. The number of aromatic nitrogens is 2. The van der Waals surface area contributed by atoms with Crippen molar-refractivity contribution in [3.8, 4) is 5.88 Å². The van der Waals surface area contributed by atoms with Crippen LogP contribution in [0.4, 0.5) is 5.95 Å². The zero-order chi connectivity index (χ0) is 13.9. The van der Waals surface area contributed by atoms with Crippen LogP contribution in [0.3, 0.4) is 0 Å². The van der Waals surface area contributed by atoms with Crippen LogP contribution in [-0.4, -0.2) is 54.7 Å². The second-order valence-electron chi connectivity index (χ2n) is 5.68. The van der Waals surface area contributed by atoms with Crippen LogP contribution >= 0.6 is 0 Å². The Kier molecular flexibility index (Phi) is 4.05. The van der Waals surface area contributed by atoms with Crippen molar-refractivity contribution >= 4 is 5.95 Å². The number of anilines is 1. The van der Waals surface area contributed by atoms with Crippen LogP contribution in [0.1, 0.15) is 31.0 Å². The summed E-state index contributed by atoms with van der Waals surface area (Å²) in [4.78, 5) is 14.2. The molecule has 1 aliphatic heterocycles. The first-order valence-corrected chi connectivity index (χ1v) is 7.74. The highest BCUT2D eigenvalue weighted by molar-refractivity contribution is 5.42. The number of hydrogen-bond donors (Lipinski definition) is 0. The lowest BCUT2D eigenvalue weighted by atomic mass is 9.97. The van der Waals surface area contributed by atoms with Gasteiger partial charge in [-0.3, -0.25) is 0 Å². The van der Waals surface area contributed by atoms with Gasteiger partial charge in [-0.2, -0.15) is 4.98 Å². The predicted octanol–water partition coefficient (Wildman–Crippen LogP) is 1.51. The Bertz CT molecular complexity index is 469. The lowest BCUT2D eigenvalue weighted by Crippen LogP contribution is -2.45. The minimum atomic E-state index is 0.672. The first-order valence-electron chi connectivity index (χ1n) is 7.74. The molecule has 0 unspecified atom stereocenters. The molecule has 2 heterocycles. The van der Waals surface area contributed by atoms with Gasteiger partial charge in [0.25, 0.3) is 0 Å². The first kappa shape index (κ1) is 13.6. The van der Waals surface area contributed by atoms with E-state index in [0.717, 1.165) is 50.8 Å². The van der Waals surface area contributed by atoms with E-state index in [1.807, 2.05) is 6.92 Å². The zero-order valence-electron chi connectivity index (χ0n) is 12.6. The maximum absolute atomic E-state index is 5.77. The summed E-state index contributed by atoms with van der Waals surface area (Å²) >= 11 is 0. The molecule has 110 valence electrons. The van der Waals surface area contributed by atoms with Gasteiger partial charge in [-0.05, 0) is 39.7 Å². The Hall–Kier alpha value is -1.36. The van der Waals surface area contributed by atoms with Crippen LogP contribution in [0.2, 0.25) is 0 Å². The Balaban J connectivity index is 1.89. The van der Waals surface area contributed by atoms with Crippen molar-refractivity contribution < 1.29 is 4.74 Å². The van der Waals surface area contributed by atoms with Crippen molar-refractivity contribution in [1.29, 1.82) is 0 Å². The molecule has 0 aromatic carbocycles. The molecule has 5 nitrogen and oxygen atoms in total. The Morgan fingerprint density at radius 1 is 1.05 bits per heavy atom. The molecule has 1 saturated heterocycles. The maximum atomic E-state index is 5.77. The molecular formula is C15H24N4O. The summed E-state index contributed by atoms with van der Waals surface area (Å²) in [6, 6.07) is 0. The van der Waals surface area contributed by atoms with Crippen molar-refractivity contribution in [2.75, 3.05) is 44.7 Å². The summed E-state index contributed by atoms with van der Waals surface area (Å²) in [5.41, 5.74) is 2.46. The molecule has 1 aromatic rings. The average Bonchev–Trinajstić information content (AvgIpc) is 2.48. The normalized spacial score (nSPS) is 19.8. The highest BCUT2D eigenvalue weighted by Crippen LogP contribution is 2.29. The van der Waals surface area contributed by atoms with E-state index in [1.54, 1.807) is 0 Å². The largest absolute Gasteiger partial charge is 0.478 e. The van der Waals surface area contributed by atoms with Crippen LogP contribution in [0, 0.1) is 0 Å². The van der Waals surface area contributed by atoms with E-state index in [2.05, 4.69) is 16.8 Å². The number of piperazine rings is 1. The topological polar surface area (TPSA) is 41.5 Å². The van der Waals surface area contributed by atoms with Crippen LogP contribution in [0.5, 0.6) is 5.88 Å². The molecule has 2 aliphatic rings. The van der Waals surface area contributed by atoms with Gasteiger partial charge in [0, 0.05) is 31.7 Å². The van der Waals surface area contributed by atoms with E-state index in [1.165, 1.54) is 24.1 Å². The molecule has 0 bridgehead atoms. The fraction of sp³-hybridized carbons (Fsp3) is 0.733. The third-order valence-corrected chi connectivity index (χ3v) is 4.20. The van der Waals surface area contributed by atoms with Crippen LogP contribution in [-0.2, 0) is 12.8 Å². The molecule has 0 saturated carbocycles. The van der Waals surface area contributed by atoms with Gasteiger partial charge < -0.3 is 14.5 Å². The van der Waals surface area contributed by atoms with Gasteiger partial charge >= 0.3 is 0 Å². The van der Waals surface area contributed by atoms with Crippen LogP contribution in [0.15, 0.2) is 0 Å². The van der Waals surface area contributed by atoms with E-state index < -0.39 is 0 Å². The van der Waals surface area contributed by atoms with Gasteiger partial charge in [-0.1, -0.05) is 0 Å². The monoisotopic (exact) mass is 276 g/mol. The lowest BCUT2D eigenvalue weighted by Gasteiger charge is -2.33. The van der Waals surface area contributed by atoms with Gasteiger partial charge in [-0.25, -0.2) is 4.98 Å². The summed E-state index contributed by atoms with van der Waals surface area (Å²) in [6.07, 6.45) is 4.59. The minimum absolute atomic E-state index is 0.672. The quantitative estimate of drug-likeness (QED) is 0.837. The van der Waals surface area contributed by atoms with Gasteiger partial charge in [0.1, 0.15) is 0 Å². The SMILES string of the molecule is CCOc1nc(N2CCN(C)CC2)nc2c1CCCC2. The standard InChI is InChI=1S/C15H24N4O/c1-3-20-14-12-6-4-5-7-13(12)16-15(17-14)19-10-8-18(2)9-11-19/h3-11H2,1-2H3. The molecule has 0 atom stereocenters. The van der Waals surface area contributed by atoms with Crippen molar-refractivity contribution in [1.82, 2.24) is 14.9 Å². The van der Waals surface area contributed by atoms with Crippen LogP contribution < -0.4 is 9.64 Å². The number of likely N-dealkylation sites (N-methyl/N-ethyl adjacent to an activating group) is 1. The van der Waals surface area contributed by atoms with E-state index >= 15 is 0 Å². The molecule has 0 spiro atoms. The molecule has 20 heavy (non-hydrogen) atoms. The third kappa shape index (κ3) is 2.73. The fourth-order valence-corrected chi connectivity index (χ4v) is 2.95. The van der Waals surface area contributed by atoms with Crippen molar-refractivity contribution in [2.24, 2.45) is 0 Å². The number of ether oxygens (including phenoxy) is 1. The lowest BCUT2D eigenvalue weighted by molar-refractivity contribution is 0.305. The predicted molar refractivity (Wildman–Crippen MR) is 79.6 cm³/mol. The molecule has 0 amide bonds. The van der Waals surface area contributed by atoms with E-state index in [0.29, 0.717) is 6.61 Å². The summed E-state index contributed by atoms with van der Waals surface area (Å²) in [7, 11) is 2.16. The molecule has 1 aliphatic carbocycles. The van der Waals surface area contributed by atoms with Gasteiger partial charge in [0.05, 0.1) is 12.3 Å². The van der Waals surface area contributed by atoms with E-state index in [4.69, 9.17) is 14.7 Å². The fourth-order valence-electron chi connectivity index (χ4n) is 2.95. The number of aryl methyl sites for hydroxylation is 1. The highest BCUT2D eigenvalue weighted by atomic mass is 16.5. The first-order chi connectivity index (χ1) is 9.78. The van der Waals surface area contributed by atoms with E-state index in [-0.39, 0.29) is 0 Å².